The molecule has 4 heteroatoms. The van der Waals surface area contributed by atoms with E-state index in [1.165, 1.54) is 81.8 Å². The fraction of sp³-hybridized carbons (Fsp3) is 0. The van der Waals surface area contributed by atoms with Gasteiger partial charge in [-0.1, -0.05) is 97.1 Å². The van der Waals surface area contributed by atoms with Crippen molar-refractivity contribution >= 4 is 88.7 Å². The normalized spacial score (nSPS) is 13.1. The molecule has 0 aliphatic carbocycles. The number of fused-ring (bicyclic) bond motifs is 7. The molecule has 0 saturated heterocycles. The van der Waals surface area contributed by atoms with Crippen molar-refractivity contribution in [1.29, 1.82) is 0 Å². The Morgan fingerprint density at radius 1 is 0.391 bits per heavy atom. The Morgan fingerprint density at radius 3 is 1.72 bits per heavy atom. The van der Waals surface area contributed by atoms with Crippen LogP contribution >= 0.6 is 11.3 Å². The van der Waals surface area contributed by atoms with Crippen LogP contribution in [0.15, 0.2) is 164 Å². The van der Waals surface area contributed by atoms with Crippen molar-refractivity contribution in [3.63, 3.8) is 0 Å². The molecule has 46 heavy (non-hydrogen) atoms. The summed E-state index contributed by atoms with van der Waals surface area (Å²) in [6.45, 7) is 0.1000. The number of thiophene rings is 1. The summed E-state index contributed by atoms with van der Waals surface area (Å²) in [5.74, 6) is 0. The number of anilines is 6. The summed E-state index contributed by atoms with van der Waals surface area (Å²) in [5, 5.41) is 2.66. The maximum Gasteiger partial charge on any atom is 0.252 e. The van der Waals surface area contributed by atoms with Gasteiger partial charge in [-0.25, -0.2) is 0 Å². The minimum atomic E-state index is 0.1000. The topological polar surface area (TPSA) is 6.48 Å². The molecule has 214 valence electrons. The number of rotatable bonds is 3. The number of nitrogens with zero attached hydrogens (tertiary/aromatic N) is 2. The van der Waals surface area contributed by atoms with Crippen LogP contribution in [0.5, 0.6) is 0 Å². The molecule has 0 saturated carbocycles. The maximum absolute atomic E-state index is 2.46. The van der Waals surface area contributed by atoms with Crippen LogP contribution in [0.3, 0.4) is 0 Å². The highest BCUT2D eigenvalue weighted by Gasteiger charge is 2.43. The molecule has 2 nitrogen and oxygen atoms in total. The van der Waals surface area contributed by atoms with Gasteiger partial charge in [-0.3, -0.25) is 0 Å². The number of hydrogen-bond donors (Lipinski definition) is 0. The highest BCUT2D eigenvalue weighted by Crippen LogP contribution is 2.44. The van der Waals surface area contributed by atoms with Crippen LogP contribution in [-0.2, 0) is 0 Å². The van der Waals surface area contributed by atoms with Gasteiger partial charge in [0.15, 0.2) is 0 Å². The van der Waals surface area contributed by atoms with E-state index in [1.807, 2.05) is 11.3 Å². The second kappa shape index (κ2) is 9.97. The minimum absolute atomic E-state index is 0.1000. The Kier molecular flexibility index (Phi) is 5.57. The third-order valence-corrected chi connectivity index (χ3v) is 10.8. The lowest BCUT2D eigenvalue weighted by Gasteiger charge is -2.44. The molecule has 2 aliphatic rings. The Hall–Kier alpha value is -5.58. The predicted octanol–water partition coefficient (Wildman–Crippen LogP) is 9.80. The molecule has 10 rings (SSSR count). The third kappa shape index (κ3) is 3.71. The van der Waals surface area contributed by atoms with Crippen LogP contribution in [0.2, 0.25) is 0 Å². The van der Waals surface area contributed by atoms with Crippen LogP contribution in [0.1, 0.15) is 0 Å². The Morgan fingerprint density at radius 2 is 0.957 bits per heavy atom. The van der Waals surface area contributed by atoms with Gasteiger partial charge in [0.1, 0.15) is 0 Å². The summed E-state index contributed by atoms with van der Waals surface area (Å²) in [6, 6.07) is 60.2. The van der Waals surface area contributed by atoms with Crippen LogP contribution < -0.4 is 26.2 Å². The van der Waals surface area contributed by atoms with E-state index in [4.69, 9.17) is 0 Å². The zero-order valence-electron chi connectivity index (χ0n) is 25.0. The standard InChI is InChI=1S/C42H27BN2S/c1-3-12-30(13-4-1)44-36-18-9-8-17-34(36)43-35-27-29(28-23-25-41-33(26-28)32-16-7-10-21-40(32)46-41)22-24-37(35)45(31-14-5-2-6-15-31)39-20-11-19-38(44)42(39)43/h1-27H. The molecule has 7 aromatic carbocycles. The minimum Gasteiger partial charge on any atom is -0.311 e. The van der Waals surface area contributed by atoms with E-state index in [0.29, 0.717) is 0 Å². The molecule has 0 radical (unpaired) electrons. The van der Waals surface area contributed by atoms with Crippen molar-refractivity contribution in [3.8, 4) is 11.1 Å². The van der Waals surface area contributed by atoms with E-state index in [2.05, 4.69) is 174 Å². The van der Waals surface area contributed by atoms with E-state index in [1.54, 1.807) is 0 Å². The monoisotopic (exact) mass is 602 g/mol. The summed E-state index contributed by atoms with van der Waals surface area (Å²) >= 11 is 1.87. The molecule has 2 aliphatic heterocycles. The molecule has 0 atom stereocenters. The first-order chi connectivity index (χ1) is 22.8. The first-order valence-corrected chi connectivity index (χ1v) is 16.6. The second-order valence-corrected chi connectivity index (χ2v) is 13.2. The Bertz CT molecular complexity index is 2440. The molecule has 1 aromatic heterocycles. The Labute approximate surface area is 272 Å². The Balaban J connectivity index is 1.24. The highest BCUT2D eigenvalue weighted by molar-refractivity contribution is 7.25. The molecule has 0 fully saturated rings. The van der Waals surface area contributed by atoms with E-state index in [9.17, 15) is 0 Å². The van der Waals surface area contributed by atoms with Crippen LogP contribution in [0, 0.1) is 0 Å². The molecule has 0 amide bonds. The predicted molar refractivity (Wildman–Crippen MR) is 199 cm³/mol. The highest BCUT2D eigenvalue weighted by atomic mass is 32.1. The zero-order chi connectivity index (χ0) is 30.2. The van der Waals surface area contributed by atoms with Crippen molar-refractivity contribution in [2.45, 2.75) is 0 Å². The lowest BCUT2D eigenvalue weighted by molar-refractivity contribution is 1.25. The molecule has 0 bridgehead atoms. The molecule has 8 aromatic rings. The van der Waals surface area contributed by atoms with Crippen LogP contribution in [0.25, 0.3) is 31.3 Å². The van der Waals surface area contributed by atoms with Gasteiger partial charge in [0.25, 0.3) is 6.71 Å². The average molecular weight is 603 g/mol. The largest absolute Gasteiger partial charge is 0.311 e. The first kappa shape index (κ1) is 25.7. The molecule has 0 spiro atoms. The second-order valence-electron chi connectivity index (χ2n) is 12.1. The van der Waals surface area contributed by atoms with E-state index in [0.717, 1.165) is 0 Å². The van der Waals surface area contributed by atoms with Gasteiger partial charge in [0, 0.05) is 54.3 Å². The van der Waals surface area contributed by atoms with Crippen molar-refractivity contribution in [3.05, 3.63) is 164 Å². The molecular weight excluding hydrogens is 575 g/mol. The summed E-state index contributed by atoms with van der Waals surface area (Å²) in [6.07, 6.45) is 0. The van der Waals surface area contributed by atoms with Crippen molar-refractivity contribution in [1.82, 2.24) is 0 Å². The van der Waals surface area contributed by atoms with Gasteiger partial charge in [-0.15, -0.1) is 11.3 Å². The van der Waals surface area contributed by atoms with Crippen LogP contribution in [0.4, 0.5) is 34.1 Å². The van der Waals surface area contributed by atoms with Crippen molar-refractivity contribution in [2.24, 2.45) is 0 Å². The lowest BCUT2D eigenvalue weighted by atomic mass is 9.33. The van der Waals surface area contributed by atoms with Gasteiger partial charge >= 0.3 is 0 Å². The fourth-order valence-corrected chi connectivity index (χ4v) is 8.77. The average Bonchev–Trinajstić information content (AvgIpc) is 3.50. The number of hydrogen-bond acceptors (Lipinski definition) is 3. The molecule has 0 unspecified atom stereocenters. The van der Waals surface area contributed by atoms with Gasteiger partial charge in [-0.05, 0) is 94.2 Å². The lowest BCUT2D eigenvalue weighted by Crippen LogP contribution is -2.61. The smallest absolute Gasteiger partial charge is 0.252 e. The van der Waals surface area contributed by atoms with E-state index >= 15 is 0 Å². The van der Waals surface area contributed by atoms with Gasteiger partial charge in [0.2, 0.25) is 0 Å². The van der Waals surface area contributed by atoms with Gasteiger partial charge < -0.3 is 9.80 Å². The van der Waals surface area contributed by atoms with E-state index < -0.39 is 0 Å². The summed E-state index contributed by atoms with van der Waals surface area (Å²) in [4.78, 5) is 4.90. The zero-order valence-corrected chi connectivity index (χ0v) is 25.8. The molecular formula is C42H27BN2S. The van der Waals surface area contributed by atoms with E-state index in [-0.39, 0.29) is 6.71 Å². The summed E-state index contributed by atoms with van der Waals surface area (Å²) < 4.78 is 2.67. The van der Waals surface area contributed by atoms with Crippen molar-refractivity contribution in [2.75, 3.05) is 9.80 Å². The maximum atomic E-state index is 2.46. The summed E-state index contributed by atoms with van der Waals surface area (Å²) in [5.41, 5.74) is 13.8. The number of benzene rings is 7. The van der Waals surface area contributed by atoms with Crippen molar-refractivity contribution < 1.29 is 0 Å². The fourth-order valence-electron chi connectivity index (χ4n) is 7.69. The van der Waals surface area contributed by atoms with Gasteiger partial charge in [0.05, 0.1) is 0 Å². The first-order valence-electron chi connectivity index (χ1n) is 15.8. The SMILES string of the molecule is c1ccc(N2c3ccccc3B3c4cc(-c5ccc6sc7ccccc7c6c5)ccc4N(c4ccccc4)c4cccc2c43)cc1. The quantitative estimate of drug-likeness (QED) is 0.186. The molecule has 0 N–H and O–H groups in total. The third-order valence-electron chi connectivity index (χ3n) is 9.64. The molecule has 3 heterocycles. The van der Waals surface area contributed by atoms with Crippen LogP contribution in [-0.4, -0.2) is 6.71 Å². The summed E-state index contributed by atoms with van der Waals surface area (Å²) in [7, 11) is 0. The van der Waals surface area contributed by atoms with Gasteiger partial charge in [-0.2, -0.15) is 0 Å². The number of para-hydroxylation sites is 3.